The number of benzene rings is 2. The Kier molecular flexibility index (Phi) is 8.27. The molecule has 0 aliphatic carbocycles. The minimum absolute atomic E-state index is 0.0888. The number of thiocarbonyl (C=S) groups is 1. The number of esters is 1. The van der Waals surface area contributed by atoms with Crippen molar-refractivity contribution in [2.45, 2.75) is 25.8 Å². The van der Waals surface area contributed by atoms with Gasteiger partial charge in [0.25, 0.3) is 5.91 Å². The zero-order chi connectivity index (χ0) is 25.7. The highest BCUT2D eigenvalue weighted by atomic mass is 32.2. The lowest BCUT2D eigenvalue weighted by molar-refractivity contribution is -0.143. The van der Waals surface area contributed by atoms with Crippen LogP contribution in [0.4, 0.5) is 0 Å². The van der Waals surface area contributed by atoms with Gasteiger partial charge in [0.2, 0.25) is 0 Å². The van der Waals surface area contributed by atoms with Crippen LogP contribution in [0.3, 0.4) is 0 Å². The first-order valence-electron chi connectivity index (χ1n) is 11.5. The molecule has 2 aliphatic heterocycles. The Morgan fingerprint density at radius 1 is 1.11 bits per heavy atom. The molecule has 188 valence electrons. The topological polar surface area (TPSA) is 80.7 Å². The van der Waals surface area contributed by atoms with Gasteiger partial charge in [-0.15, -0.1) is 0 Å². The third kappa shape index (κ3) is 5.71. The minimum Gasteiger partial charge on any atom is -0.497 e. The maximum Gasteiger partial charge on any atom is 0.307 e. The molecule has 2 aliphatic rings. The normalized spacial score (nSPS) is 18.6. The molecule has 1 fully saturated rings. The molecule has 2 aromatic carbocycles. The fraction of sp³-hybridized carbons (Fsp3) is 0.308. The standard InChI is InChI=1S/C26H27N3O5S2/c1-4-34-24(30)13-14-28-25(31)23(36-26(28)35)16-29-22(18-7-11-20(33-3)12-8-18)15-21(27-29)17-5-9-19(32-2)10-6-17/h5-12,16,22H,4,13-15H2,1-3H3/b23-16-. The van der Waals surface area contributed by atoms with Gasteiger partial charge in [0.1, 0.15) is 15.8 Å². The molecular formula is C26H27N3O5S2. The number of amides is 1. The summed E-state index contributed by atoms with van der Waals surface area (Å²) in [5, 5.41) is 6.68. The number of carbonyl (C=O) groups is 2. The van der Waals surface area contributed by atoms with E-state index in [4.69, 9.17) is 31.5 Å². The molecular weight excluding hydrogens is 498 g/mol. The lowest BCUT2D eigenvalue weighted by Gasteiger charge is -2.21. The average molecular weight is 526 g/mol. The summed E-state index contributed by atoms with van der Waals surface area (Å²) >= 11 is 6.63. The smallest absolute Gasteiger partial charge is 0.307 e. The van der Waals surface area contributed by atoms with Gasteiger partial charge in [-0.25, -0.2) is 0 Å². The number of hydrogen-bond acceptors (Lipinski definition) is 9. The molecule has 0 spiro atoms. The zero-order valence-electron chi connectivity index (χ0n) is 20.3. The average Bonchev–Trinajstić information content (AvgIpc) is 3.43. The Hall–Kier alpha value is -3.37. The summed E-state index contributed by atoms with van der Waals surface area (Å²) in [5.41, 5.74) is 2.91. The summed E-state index contributed by atoms with van der Waals surface area (Å²) < 4.78 is 16.0. The van der Waals surface area contributed by atoms with E-state index in [0.717, 1.165) is 28.3 Å². The highest BCUT2D eigenvalue weighted by molar-refractivity contribution is 8.26. The predicted octanol–water partition coefficient (Wildman–Crippen LogP) is 4.51. The highest BCUT2D eigenvalue weighted by Crippen LogP contribution is 2.38. The van der Waals surface area contributed by atoms with Crippen LogP contribution in [0.1, 0.15) is 36.9 Å². The number of thioether (sulfide) groups is 1. The van der Waals surface area contributed by atoms with E-state index in [9.17, 15) is 9.59 Å². The SMILES string of the molecule is CCOC(=O)CCN1C(=O)/C(=C/N2N=C(c3ccc(OC)cc3)CC2c2ccc(OC)cc2)SC1=S. The Balaban J connectivity index is 1.60. The van der Waals surface area contributed by atoms with Gasteiger partial charge in [-0.3, -0.25) is 19.5 Å². The molecule has 0 saturated carbocycles. The van der Waals surface area contributed by atoms with E-state index in [2.05, 4.69) is 0 Å². The number of hydrazone groups is 1. The summed E-state index contributed by atoms with van der Waals surface area (Å²) in [4.78, 5) is 26.8. The van der Waals surface area contributed by atoms with Gasteiger partial charge in [-0.1, -0.05) is 36.1 Å². The van der Waals surface area contributed by atoms with Crippen LogP contribution in [-0.2, 0) is 14.3 Å². The summed E-state index contributed by atoms with van der Waals surface area (Å²) in [6.45, 7) is 2.23. The molecule has 8 nitrogen and oxygen atoms in total. The largest absolute Gasteiger partial charge is 0.497 e. The maximum absolute atomic E-state index is 13.1. The second kappa shape index (κ2) is 11.6. The Morgan fingerprint density at radius 3 is 2.36 bits per heavy atom. The number of hydrogen-bond donors (Lipinski definition) is 0. The van der Waals surface area contributed by atoms with Gasteiger partial charge in [0, 0.05) is 19.2 Å². The van der Waals surface area contributed by atoms with Crippen LogP contribution in [0.2, 0.25) is 0 Å². The van der Waals surface area contributed by atoms with E-state index in [1.807, 2.05) is 53.5 Å². The second-order valence-corrected chi connectivity index (χ2v) is 9.70. The van der Waals surface area contributed by atoms with Crippen LogP contribution < -0.4 is 9.47 Å². The Bertz CT molecular complexity index is 1200. The van der Waals surface area contributed by atoms with Crippen molar-refractivity contribution < 1.29 is 23.8 Å². The van der Waals surface area contributed by atoms with E-state index in [0.29, 0.717) is 22.3 Å². The molecule has 2 heterocycles. The fourth-order valence-corrected chi connectivity index (χ4v) is 5.21. The van der Waals surface area contributed by atoms with Gasteiger partial charge >= 0.3 is 5.97 Å². The molecule has 36 heavy (non-hydrogen) atoms. The van der Waals surface area contributed by atoms with E-state index in [1.54, 1.807) is 27.3 Å². The van der Waals surface area contributed by atoms with Crippen molar-refractivity contribution in [3.05, 3.63) is 70.8 Å². The number of rotatable bonds is 9. The number of nitrogens with zero attached hydrogens (tertiary/aromatic N) is 3. The quantitative estimate of drug-likeness (QED) is 0.269. The van der Waals surface area contributed by atoms with Crippen LogP contribution in [0.25, 0.3) is 0 Å². The van der Waals surface area contributed by atoms with Crippen LogP contribution >= 0.6 is 24.0 Å². The van der Waals surface area contributed by atoms with Gasteiger partial charge in [-0.2, -0.15) is 5.10 Å². The van der Waals surface area contributed by atoms with Crippen LogP contribution in [-0.4, -0.2) is 59.2 Å². The van der Waals surface area contributed by atoms with Crippen molar-refractivity contribution in [2.24, 2.45) is 5.10 Å². The number of methoxy groups -OCH3 is 2. The van der Waals surface area contributed by atoms with E-state index < -0.39 is 0 Å². The molecule has 0 radical (unpaired) electrons. The van der Waals surface area contributed by atoms with Crippen LogP contribution in [0.15, 0.2) is 64.7 Å². The summed E-state index contributed by atoms with van der Waals surface area (Å²) in [6.07, 6.45) is 2.49. The molecule has 1 unspecified atom stereocenters. The first kappa shape index (κ1) is 25.7. The van der Waals surface area contributed by atoms with Crippen molar-refractivity contribution in [3.63, 3.8) is 0 Å². The molecule has 10 heteroatoms. The lowest BCUT2D eigenvalue weighted by Crippen LogP contribution is -2.31. The predicted molar refractivity (Wildman–Crippen MR) is 143 cm³/mol. The third-order valence-corrected chi connectivity index (χ3v) is 7.20. The van der Waals surface area contributed by atoms with Crippen molar-refractivity contribution >= 4 is 45.9 Å². The monoisotopic (exact) mass is 525 g/mol. The first-order chi connectivity index (χ1) is 17.4. The van der Waals surface area contributed by atoms with E-state index in [-0.39, 0.29) is 30.9 Å². The Labute approximate surface area is 219 Å². The van der Waals surface area contributed by atoms with Crippen LogP contribution in [0.5, 0.6) is 11.5 Å². The maximum atomic E-state index is 13.1. The first-order valence-corrected chi connectivity index (χ1v) is 12.7. The van der Waals surface area contributed by atoms with Crippen molar-refractivity contribution in [3.8, 4) is 11.5 Å². The van der Waals surface area contributed by atoms with Gasteiger partial charge < -0.3 is 14.2 Å². The third-order valence-electron chi connectivity index (χ3n) is 5.83. The molecule has 1 saturated heterocycles. The molecule has 2 aromatic rings. The minimum atomic E-state index is -0.358. The molecule has 0 aromatic heterocycles. The van der Waals surface area contributed by atoms with E-state index in [1.165, 1.54) is 16.7 Å². The van der Waals surface area contributed by atoms with Gasteiger partial charge in [0.15, 0.2) is 0 Å². The van der Waals surface area contributed by atoms with Crippen LogP contribution in [0, 0.1) is 0 Å². The van der Waals surface area contributed by atoms with Crippen molar-refractivity contribution in [2.75, 3.05) is 27.4 Å². The molecule has 0 bridgehead atoms. The summed E-state index contributed by atoms with van der Waals surface area (Å²) in [7, 11) is 3.26. The molecule has 1 amide bonds. The second-order valence-electron chi connectivity index (χ2n) is 8.02. The van der Waals surface area contributed by atoms with Gasteiger partial charge in [-0.05, 0) is 54.4 Å². The summed E-state index contributed by atoms with van der Waals surface area (Å²) in [6, 6.07) is 15.5. The Morgan fingerprint density at radius 2 is 1.75 bits per heavy atom. The fourth-order valence-electron chi connectivity index (χ4n) is 3.94. The molecule has 0 N–H and O–H groups in total. The van der Waals surface area contributed by atoms with Crippen molar-refractivity contribution in [1.82, 2.24) is 9.91 Å². The molecule has 4 rings (SSSR count). The molecule has 1 atom stereocenters. The van der Waals surface area contributed by atoms with E-state index >= 15 is 0 Å². The number of carbonyl (C=O) groups excluding carboxylic acids is 2. The number of ether oxygens (including phenoxy) is 3. The zero-order valence-corrected chi connectivity index (χ0v) is 21.9. The van der Waals surface area contributed by atoms with Gasteiger partial charge in [0.05, 0.1) is 43.9 Å². The summed E-state index contributed by atoms with van der Waals surface area (Å²) in [5.74, 6) is 0.939. The van der Waals surface area contributed by atoms with Crippen molar-refractivity contribution in [1.29, 1.82) is 0 Å². The lowest BCUT2D eigenvalue weighted by atomic mass is 9.98. The highest BCUT2D eigenvalue weighted by Gasteiger charge is 2.35.